The van der Waals surface area contributed by atoms with Crippen LogP contribution in [-0.4, -0.2) is 6.29 Å². The van der Waals surface area contributed by atoms with Crippen LogP contribution in [0, 0.1) is 11.3 Å². The summed E-state index contributed by atoms with van der Waals surface area (Å²) in [6.07, 6.45) is 4.88. The van der Waals surface area contributed by atoms with Crippen molar-refractivity contribution in [2.24, 2.45) is 0 Å². The first-order chi connectivity index (χ1) is 5.86. The quantitative estimate of drug-likeness (QED) is 0.664. The van der Waals surface area contributed by atoms with E-state index in [2.05, 4.69) is 6.07 Å². The minimum absolute atomic E-state index is 0.428. The summed E-state index contributed by atoms with van der Waals surface area (Å²) in [7, 11) is 0. The topological polar surface area (TPSA) is 40.9 Å². The van der Waals surface area contributed by atoms with Gasteiger partial charge in [0.05, 0.1) is 0 Å². The first-order valence-corrected chi connectivity index (χ1v) is 4.33. The van der Waals surface area contributed by atoms with Gasteiger partial charge in [-0.2, -0.15) is 5.26 Å². The summed E-state index contributed by atoms with van der Waals surface area (Å²) in [4.78, 5) is 10.7. The highest BCUT2D eigenvalue weighted by atomic mass is 32.1. The molecule has 0 aliphatic rings. The summed E-state index contributed by atoms with van der Waals surface area (Å²) in [5.74, 6) is 0. The predicted octanol–water partition coefficient (Wildman–Crippen LogP) is 2.22. The van der Waals surface area contributed by atoms with E-state index >= 15 is 0 Å². The summed E-state index contributed by atoms with van der Waals surface area (Å²) >= 11 is 1.41. The summed E-state index contributed by atoms with van der Waals surface area (Å²) < 4.78 is 0. The maximum absolute atomic E-state index is 9.96. The molecule has 0 unspecified atom stereocenters. The van der Waals surface area contributed by atoms with Crippen molar-refractivity contribution in [1.29, 1.82) is 5.26 Å². The van der Waals surface area contributed by atoms with E-state index < -0.39 is 0 Å². The van der Waals surface area contributed by atoms with E-state index in [-0.39, 0.29) is 0 Å². The number of allylic oxidation sites excluding steroid dienone is 1. The summed E-state index contributed by atoms with van der Waals surface area (Å²) in [6.45, 7) is 0. The monoisotopic (exact) mass is 177 g/mol. The van der Waals surface area contributed by atoms with Crippen LogP contribution in [-0.2, 0) is 4.79 Å². The molecule has 1 aromatic rings. The zero-order chi connectivity index (χ0) is 8.81. The van der Waals surface area contributed by atoms with Gasteiger partial charge in [0.25, 0.3) is 0 Å². The molecule has 0 amide bonds. The molecule has 0 radical (unpaired) electrons. The largest absolute Gasteiger partial charge is 0.303 e. The number of carbonyl (C=O) groups is 1. The van der Waals surface area contributed by atoms with Crippen molar-refractivity contribution >= 4 is 23.7 Å². The fraction of sp³-hybridized carbons (Fsp3) is 0.111. The van der Waals surface area contributed by atoms with Gasteiger partial charge in [0.2, 0.25) is 0 Å². The molecule has 1 rings (SSSR count). The second-order valence-corrected chi connectivity index (χ2v) is 3.07. The normalized spacial score (nSPS) is 9.92. The van der Waals surface area contributed by atoms with Crippen LogP contribution < -0.4 is 0 Å². The van der Waals surface area contributed by atoms with Crippen molar-refractivity contribution in [2.75, 3.05) is 0 Å². The van der Waals surface area contributed by atoms with Crippen LogP contribution in [0.2, 0.25) is 0 Å². The second-order valence-electron chi connectivity index (χ2n) is 2.16. The molecule has 0 aromatic carbocycles. The maximum Gasteiger partial charge on any atom is 0.123 e. The van der Waals surface area contributed by atoms with Crippen LogP contribution in [0.5, 0.6) is 0 Å². The molecule has 0 spiro atoms. The van der Waals surface area contributed by atoms with Gasteiger partial charge in [-0.05, 0) is 17.0 Å². The van der Waals surface area contributed by atoms with Crippen LogP contribution in [0.4, 0.5) is 0 Å². The number of nitrogens with zero attached hydrogens (tertiary/aromatic N) is 1. The first kappa shape index (κ1) is 8.69. The van der Waals surface area contributed by atoms with Gasteiger partial charge in [-0.1, -0.05) is 12.2 Å². The van der Waals surface area contributed by atoms with Gasteiger partial charge in [-0.25, -0.2) is 0 Å². The average molecular weight is 177 g/mol. The van der Waals surface area contributed by atoms with E-state index in [0.29, 0.717) is 11.3 Å². The van der Waals surface area contributed by atoms with E-state index in [4.69, 9.17) is 5.26 Å². The molecule has 2 nitrogen and oxygen atoms in total. The van der Waals surface area contributed by atoms with Gasteiger partial charge >= 0.3 is 0 Å². The molecular formula is C9H7NOS. The van der Waals surface area contributed by atoms with Crippen molar-refractivity contribution in [2.45, 2.75) is 6.42 Å². The van der Waals surface area contributed by atoms with E-state index in [1.54, 1.807) is 12.1 Å². The van der Waals surface area contributed by atoms with Crippen LogP contribution in [0.1, 0.15) is 16.9 Å². The van der Waals surface area contributed by atoms with Crippen LogP contribution in [0.3, 0.4) is 0 Å². The minimum Gasteiger partial charge on any atom is -0.303 e. The van der Waals surface area contributed by atoms with Crippen molar-refractivity contribution in [3.05, 3.63) is 28.0 Å². The Hall–Kier alpha value is -1.40. The smallest absolute Gasteiger partial charge is 0.123 e. The third-order valence-electron chi connectivity index (χ3n) is 1.27. The third-order valence-corrected chi connectivity index (χ3v) is 2.13. The Kier molecular flexibility index (Phi) is 3.24. The Morgan fingerprint density at radius 3 is 3.08 bits per heavy atom. The molecule has 0 N–H and O–H groups in total. The predicted molar refractivity (Wildman–Crippen MR) is 48.7 cm³/mol. The van der Waals surface area contributed by atoms with E-state index in [0.717, 1.165) is 11.8 Å². The van der Waals surface area contributed by atoms with Crippen molar-refractivity contribution in [3.8, 4) is 6.07 Å². The fourth-order valence-electron chi connectivity index (χ4n) is 0.757. The number of hydrogen-bond acceptors (Lipinski definition) is 3. The average Bonchev–Trinajstić information content (AvgIpc) is 2.53. The van der Waals surface area contributed by atoms with E-state index in [9.17, 15) is 4.79 Å². The number of carbonyl (C=O) groups excluding carboxylic acids is 1. The molecule has 1 aromatic heterocycles. The number of aldehydes is 1. The van der Waals surface area contributed by atoms with Crippen LogP contribution in [0.25, 0.3) is 6.08 Å². The maximum atomic E-state index is 9.96. The minimum atomic E-state index is 0.428. The van der Waals surface area contributed by atoms with Gasteiger partial charge < -0.3 is 4.79 Å². The standard InChI is InChI=1S/C9H7NOS/c10-6-9-5-8(7-12-9)3-1-2-4-11/h1,3-5,7H,2H2. The number of hydrogen-bond donors (Lipinski definition) is 0. The van der Waals surface area contributed by atoms with Crippen molar-refractivity contribution in [1.82, 2.24) is 0 Å². The zero-order valence-corrected chi connectivity index (χ0v) is 7.17. The van der Waals surface area contributed by atoms with Gasteiger partial charge in [0.15, 0.2) is 0 Å². The second kappa shape index (κ2) is 4.47. The number of nitriles is 1. The zero-order valence-electron chi connectivity index (χ0n) is 6.36. The van der Waals surface area contributed by atoms with Crippen LogP contribution in [0.15, 0.2) is 17.5 Å². The fourth-order valence-corrected chi connectivity index (χ4v) is 1.42. The Bertz CT molecular complexity index is 333. The molecule has 0 saturated carbocycles. The number of thiophene rings is 1. The van der Waals surface area contributed by atoms with E-state index in [1.807, 2.05) is 11.5 Å². The molecule has 0 aliphatic heterocycles. The Labute approximate surface area is 74.8 Å². The van der Waals surface area contributed by atoms with Gasteiger partial charge in [0.1, 0.15) is 17.2 Å². The molecule has 60 valence electrons. The Balaban J connectivity index is 2.65. The Morgan fingerprint density at radius 2 is 2.50 bits per heavy atom. The van der Waals surface area contributed by atoms with Gasteiger partial charge in [-0.15, -0.1) is 11.3 Å². The third kappa shape index (κ3) is 2.33. The lowest BCUT2D eigenvalue weighted by molar-refractivity contribution is -0.107. The lowest BCUT2D eigenvalue weighted by atomic mass is 10.2. The van der Waals surface area contributed by atoms with Crippen molar-refractivity contribution < 1.29 is 4.79 Å². The SMILES string of the molecule is N#Cc1cc(C=CCC=O)cs1. The summed E-state index contributed by atoms with van der Waals surface area (Å²) in [6, 6.07) is 3.85. The lowest BCUT2D eigenvalue weighted by Crippen LogP contribution is -1.66. The molecule has 3 heteroatoms. The molecule has 12 heavy (non-hydrogen) atoms. The highest BCUT2D eigenvalue weighted by molar-refractivity contribution is 7.10. The summed E-state index contributed by atoms with van der Waals surface area (Å²) in [5.41, 5.74) is 0.985. The first-order valence-electron chi connectivity index (χ1n) is 3.45. The Morgan fingerprint density at radius 1 is 1.67 bits per heavy atom. The molecule has 1 heterocycles. The highest BCUT2D eigenvalue weighted by Crippen LogP contribution is 2.14. The molecule has 0 saturated heterocycles. The lowest BCUT2D eigenvalue weighted by Gasteiger charge is -1.79. The van der Waals surface area contributed by atoms with Gasteiger partial charge in [0, 0.05) is 6.42 Å². The molecule has 0 fully saturated rings. The molecule has 0 bridgehead atoms. The molecule has 0 atom stereocenters. The molecule has 0 aliphatic carbocycles. The van der Waals surface area contributed by atoms with Gasteiger partial charge in [-0.3, -0.25) is 0 Å². The summed E-state index contributed by atoms with van der Waals surface area (Å²) in [5, 5.41) is 10.4. The van der Waals surface area contributed by atoms with Crippen molar-refractivity contribution in [3.63, 3.8) is 0 Å². The highest BCUT2D eigenvalue weighted by Gasteiger charge is 1.93. The molecular weight excluding hydrogens is 170 g/mol. The number of rotatable bonds is 3. The van der Waals surface area contributed by atoms with Crippen LogP contribution >= 0.6 is 11.3 Å². The van der Waals surface area contributed by atoms with E-state index in [1.165, 1.54) is 11.3 Å².